The molecule has 20 heavy (non-hydrogen) atoms. The fraction of sp³-hybridized carbons (Fsp3) is 0.250. The Morgan fingerprint density at radius 3 is 2.50 bits per heavy atom. The van der Waals surface area contributed by atoms with E-state index in [1.165, 1.54) is 11.6 Å². The summed E-state index contributed by atoms with van der Waals surface area (Å²) in [5.41, 5.74) is 1.26. The zero-order chi connectivity index (χ0) is 14.2. The van der Waals surface area contributed by atoms with Crippen LogP contribution in [0.2, 0.25) is 5.02 Å². The molecule has 3 nitrogen and oxygen atoms in total. The lowest BCUT2D eigenvalue weighted by Crippen LogP contribution is -2.08. The number of phenolic OH excluding ortho intramolecular Hbond substituents is 1. The summed E-state index contributed by atoms with van der Waals surface area (Å²) >= 11 is 5.78. The van der Waals surface area contributed by atoms with E-state index in [2.05, 4.69) is 12.1 Å². The molecule has 0 bridgehead atoms. The predicted molar refractivity (Wildman–Crippen MR) is 79.6 cm³/mol. The number of aromatic hydroxyl groups is 1. The topological polar surface area (TPSA) is 38.7 Å². The minimum atomic E-state index is 0.0538. The lowest BCUT2D eigenvalue weighted by Gasteiger charge is -2.08. The van der Waals surface area contributed by atoms with Crippen LogP contribution in [0.25, 0.3) is 0 Å². The van der Waals surface area contributed by atoms with Crippen LogP contribution < -0.4 is 4.74 Å². The Morgan fingerprint density at radius 2 is 1.75 bits per heavy atom. The molecule has 0 radical (unpaired) electrons. The average Bonchev–Trinajstić information content (AvgIpc) is 2.47. The van der Waals surface area contributed by atoms with Crippen molar-refractivity contribution in [1.82, 2.24) is 0 Å². The largest absolute Gasteiger partial charge is 0.506 e. The lowest BCUT2D eigenvalue weighted by atomic mass is 10.2. The van der Waals surface area contributed by atoms with Gasteiger partial charge in [-0.05, 0) is 24.1 Å². The average molecular weight is 293 g/mol. The van der Waals surface area contributed by atoms with Gasteiger partial charge in [-0.2, -0.15) is 0 Å². The van der Waals surface area contributed by atoms with Crippen LogP contribution in [-0.2, 0) is 11.2 Å². The SMILES string of the molecule is Oc1ccc(OCCOCCc2ccccc2)cc1Cl. The van der Waals surface area contributed by atoms with E-state index in [0.717, 1.165) is 6.42 Å². The zero-order valence-corrected chi connectivity index (χ0v) is 11.8. The van der Waals surface area contributed by atoms with Gasteiger partial charge in [-0.25, -0.2) is 0 Å². The Balaban J connectivity index is 1.61. The summed E-state index contributed by atoms with van der Waals surface area (Å²) in [6, 6.07) is 15.0. The highest BCUT2D eigenvalue weighted by molar-refractivity contribution is 6.32. The van der Waals surface area contributed by atoms with Gasteiger partial charge in [0.25, 0.3) is 0 Å². The minimum Gasteiger partial charge on any atom is -0.506 e. The van der Waals surface area contributed by atoms with E-state index in [1.807, 2.05) is 18.2 Å². The summed E-state index contributed by atoms with van der Waals surface area (Å²) in [6.45, 7) is 1.64. The molecule has 0 heterocycles. The molecular formula is C16H17ClO3. The summed E-state index contributed by atoms with van der Waals surface area (Å²) in [4.78, 5) is 0. The second-order valence-corrected chi connectivity index (χ2v) is 4.72. The van der Waals surface area contributed by atoms with Crippen molar-refractivity contribution in [1.29, 1.82) is 0 Å². The van der Waals surface area contributed by atoms with Crippen molar-refractivity contribution in [3.63, 3.8) is 0 Å². The highest BCUT2D eigenvalue weighted by Gasteiger charge is 2.00. The Kier molecular flexibility index (Phi) is 5.71. The third-order valence-electron chi connectivity index (χ3n) is 2.79. The molecule has 2 aromatic carbocycles. The molecule has 0 aromatic heterocycles. The molecule has 0 spiro atoms. The number of rotatable bonds is 7. The molecule has 0 aliphatic rings. The monoisotopic (exact) mass is 292 g/mol. The van der Waals surface area contributed by atoms with Crippen LogP contribution in [0.15, 0.2) is 48.5 Å². The second-order valence-electron chi connectivity index (χ2n) is 4.31. The molecule has 0 aliphatic heterocycles. The maximum absolute atomic E-state index is 9.28. The Morgan fingerprint density at radius 1 is 0.950 bits per heavy atom. The van der Waals surface area contributed by atoms with Crippen molar-refractivity contribution < 1.29 is 14.6 Å². The Hall–Kier alpha value is -1.71. The lowest BCUT2D eigenvalue weighted by molar-refractivity contribution is 0.102. The van der Waals surface area contributed by atoms with Gasteiger partial charge in [-0.15, -0.1) is 0 Å². The molecule has 0 saturated heterocycles. The van der Waals surface area contributed by atoms with Crippen LogP contribution in [0, 0.1) is 0 Å². The highest BCUT2D eigenvalue weighted by atomic mass is 35.5. The van der Waals surface area contributed by atoms with E-state index in [9.17, 15) is 5.11 Å². The van der Waals surface area contributed by atoms with Gasteiger partial charge in [0, 0.05) is 6.07 Å². The van der Waals surface area contributed by atoms with Crippen molar-refractivity contribution in [2.24, 2.45) is 0 Å². The second kappa shape index (κ2) is 7.78. The number of ether oxygens (including phenoxy) is 2. The molecule has 0 fully saturated rings. The van der Waals surface area contributed by atoms with Crippen LogP contribution >= 0.6 is 11.6 Å². The first-order valence-electron chi connectivity index (χ1n) is 6.49. The first kappa shape index (κ1) is 14.7. The van der Waals surface area contributed by atoms with Crippen LogP contribution in [0.5, 0.6) is 11.5 Å². The van der Waals surface area contributed by atoms with Gasteiger partial charge >= 0.3 is 0 Å². The van der Waals surface area contributed by atoms with E-state index >= 15 is 0 Å². The highest BCUT2D eigenvalue weighted by Crippen LogP contribution is 2.27. The van der Waals surface area contributed by atoms with Gasteiger partial charge in [0.15, 0.2) is 0 Å². The number of hydrogen-bond donors (Lipinski definition) is 1. The fourth-order valence-electron chi connectivity index (χ4n) is 1.73. The first-order chi connectivity index (χ1) is 9.75. The van der Waals surface area contributed by atoms with Crippen LogP contribution in [0.3, 0.4) is 0 Å². The maximum Gasteiger partial charge on any atom is 0.134 e. The molecule has 0 aliphatic carbocycles. The summed E-state index contributed by atoms with van der Waals surface area (Å²) in [5, 5.41) is 9.57. The van der Waals surface area contributed by atoms with Crippen molar-refractivity contribution >= 4 is 11.6 Å². The summed E-state index contributed by atoms with van der Waals surface area (Å²) in [5.74, 6) is 0.678. The van der Waals surface area contributed by atoms with Crippen LogP contribution in [0.4, 0.5) is 0 Å². The number of phenols is 1. The van der Waals surface area contributed by atoms with Gasteiger partial charge < -0.3 is 14.6 Å². The molecular weight excluding hydrogens is 276 g/mol. The van der Waals surface area contributed by atoms with E-state index in [1.54, 1.807) is 12.1 Å². The normalized spacial score (nSPS) is 10.4. The Labute approximate surface area is 123 Å². The molecule has 0 atom stereocenters. The Bertz CT molecular complexity index is 529. The number of benzene rings is 2. The van der Waals surface area contributed by atoms with Crippen molar-refractivity contribution in [3.8, 4) is 11.5 Å². The molecule has 2 aromatic rings. The first-order valence-corrected chi connectivity index (χ1v) is 6.86. The minimum absolute atomic E-state index is 0.0538. The molecule has 2 rings (SSSR count). The third-order valence-corrected chi connectivity index (χ3v) is 3.10. The molecule has 1 N–H and O–H groups in total. The van der Waals surface area contributed by atoms with E-state index in [-0.39, 0.29) is 10.8 Å². The predicted octanol–water partition coefficient (Wildman–Crippen LogP) is 3.68. The van der Waals surface area contributed by atoms with E-state index in [0.29, 0.717) is 25.6 Å². The maximum atomic E-state index is 9.28. The van der Waals surface area contributed by atoms with E-state index in [4.69, 9.17) is 21.1 Å². The van der Waals surface area contributed by atoms with Gasteiger partial charge in [-0.3, -0.25) is 0 Å². The molecule has 0 amide bonds. The van der Waals surface area contributed by atoms with Crippen molar-refractivity contribution in [2.45, 2.75) is 6.42 Å². The standard InChI is InChI=1S/C16H17ClO3/c17-15-12-14(6-7-16(15)18)20-11-10-19-9-8-13-4-2-1-3-5-13/h1-7,12,18H,8-11H2. The number of halogens is 1. The summed E-state index contributed by atoms with van der Waals surface area (Å²) in [6.07, 6.45) is 0.895. The van der Waals surface area contributed by atoms with Crippen LogP contribution in [0.1, 0.15) is 5.56 Å². The quantitative estimate of drug-likeness (QED) is 0.791. The summed E-state index contributed by atoms with van der Waals surface area (Å²) < 4.78 is 11.0. The fourth-order valence-corrected chi connectivity index (χ4v) is 1.90. The van der Waals surface area contributed by atoms with Gasteiger partial charge in [0.1, 0.15) is 18.1 Å². The summed E-state index contributed by atoms with van der Waals surface area (Å²) in [7, 11) is 0. The van der Waals surface area contributed by atoms with Crippen LogP contribution in [-0.4, -0.2) is 24.9 Å². The smallest absolute Gasteiger partial charge is 0.134 e. The van der Waals surface area contributed by atoms with Crippen molar-refractivity contribution in [3.05, 3.63) is 59.1 Å². The molecule has 4 heteroatoms. The molecule has 106 valence electrons. The zero-order valence-electron chi connectivity index (χ0n) is 11.1. The van der Waals surface area contributed by atoms with Gasteiger partial charge in [0.05, 0.1) is 18.2 Å². The third kappa shape index (κ3) is 4.76. The molecule has 0 saturated carbocycles. The number of hydrogen-bond acceptors (Lipinski definition) is 3. The van der Waals surface area contributed by atoms with Gasteiger partial charge in [0.2, 0.25) is 0 Å². The van der Waals surface area contributed by atoms with E-state index < -0.39 is 0 Å². The molecule has 0 unspecified atom stereocenters. The van der Waals surface area contributed by atoms with Crippen molar-refractivity contribution in [2.75, 3.05) is 19.8 Å². The van der Waals surface area contributed by atoms with Gasteiger partial charge in [-0.1, -0.05) is 41.9 Å².